The topological polar surface area (TPSA) is 98.2 Å². The van der Waals surface area contributed by atoms with E-state index in [1.807, 2.05) is 76.2 Å². The Balaban J connectivity index is 1.37. The molecule has 8 nitrogen and oxygen atoms in total. The fraction of sp³-hybridized carbons (Fsp3) is 0.237. The van der Waals surface area contributed by atoms with Gasteiger partial charge in [-0.1, -0.05) is 53.8 Å². The number of amides is 1. The number of ketones is 1. The first-order valence-corrected chi connectivity index (χ1v) is 16.5. The second kappa shape index (κ2) is 12.2. The molecule has 1 saturated heterocycles. The minimum atomic E-state index is -0.970. The summed E-state index contributed by atoms with van der Waals surface area (Å²) >= 11 is 1.34. The highest BCUT2D eigenvalue weighted by Crippen LogP contribution is 2.46. The molecular weight excluding hydrogens is 612 g/mol. The second-order valence-electron chi connectivity index (χ2n) is 12.0. The van der Waals surface area contributed by atoms with Crippen molar-refractivity contribution in [2.45, 2.75) is 52.9 Å². The van der Waals surface area contributed by atoms with Gasteiger partial charge in [0.2, 0.25) is 0 Å². The summed E-state index contributed by atoms with van der Waals surface area (Å²) in [7, 11) is 0. The number of aliphatic hydroxyl groups is 1. The Hall–Kier alpha value is -5.15. The summed E-state index contributed by atoms with van der Waals surface area (Å²) in [6.45, 7) is 8.56. The third kappa shape index (κ3) is 5.61. The number of carbonyl (C=O) groups excluding carboxylic acids is 2. The molecule has 4 aromatic carbocycles. The van der Waals surface area contributed by atoms with Gasteiger partial charge in [-0.2, -0.15) is 0 Å². The van der Waals surface area contributed by atoms with Crippen LogP contribution in [0.3, 0.4) is 0 Å². The first-order valence-electron chi connectivity index (χ1n) is 15.6. The number of anilines is 1. The number of Topliss-reactive ketones (excluding diaryl/α,β-unsaturated/α-hetero) is 1. The quantitative estimate of drug-likeness (QED) is 0.104. The maximum absolute atomic E-state index is 14.0. The molecule has 0 aliphatic carbocycles. The minimum absolute atomic E-state index is 0.0127. The van der Waals surface area contributed by atoms with E-state index in [1.165, 1.54) is 16.2 Å². The Morgan fingerprint density at radius 2 is 1.81 bits per heavy atom. The molecule has 3 heterocycles. The molecule has 1 aromatic heterocycles. The van der Waals surface area contributed by atoms with Gasteiger partial charge in [0.25, 0.3) is 5.78 Å². The number of aliphatic hydroxyl groups excluding tert-OH is 1. The first-order chi connectivity index (χ1) is 22.7. The summed E-state index contributed by atoms with van der Waals surface area (Å²) in [6, 6.07) is 23.6. The van der Waals surface area contributed by atoms with E-state index in [2.05, 4.69) is 0 Å². The predicted molar refractivity (Wildman–Crippen MR) is 182 cm³/mol. The van der Waals surface area contributed by atoms with E-state index < -0.39 is 17.7 Å². The Morgan fingerprint density at radius 1 is 1.00 bits per heavy atom. The lowest BCUT2D eigenvalue weighted by Gasteiger charge is -2.24. The van der Waals surface area contributed by atoms with Crippen molar-refractivity contribution in [1.82, 2.24) is 4.98 Å². The summed E-state index contributed by atoms with van der Waals surface area (Å²) in [5.41, 5.74) is 5.75. The van der Waals surface area contributed by atoms with Gasteiger partial charge in [0.1, 0.15) is 24.2 Å². The molecule has 0 unspecified atom stereocenters. The fourth-order valence-corrected chi connectivity index (χ4v) is 7.52. The summed E-state index contributed by atoms with van der Waals surface area (Å²) in [5.74, 6) is -0.0638. The van der Waals surface area contributed by atoms with Crippen LogP contribution in [-0.4, -0.2) is 34.5 Å². The smallest absolute Gasteiger partial charge is 0.301 e. The molecule has 47 heavy (non-hydrogen) atoms. The zero-order chi connectivity index (χ0) is 32.8. The number of hydrogen-bond acceptors (Lipinski definition) is 8. The van der Waals surface area contributed by atoms with Crippen molar-refractivity contribution in [3.63, 3.8) is 0 Å². The lowest BCUT2D eigenvalue weighted by Crippen LogP contribution is -2.29. The number of carbonyl (C=O) groups is 2. The van der Waals surface area contributed by atoms with Gasteiger partial charge in [-0.15, -0.1) is 0 Å². The van der Waals surface area contributed by atoms with E-state index in [4.69, 9.17) is 19.2 Å². The molecule has 0 bridgehead atoms. The van der Waals surface area contributed by atoms with E-state index in [0.29, 0.717) is 47.4 Å². The second-order valence-corrected chi connectivity index (χ2v) is 13.0. The first kappa shape index (κ1) is 30.5. The molecule has 1 fully saturated rings. The zero-order valence-electron chi connectivity index (χ0n) is 26.6. The van der Waals surface area contributed by atoms with Gasteiger partial charge >= 0.3 is 5.91 Å². The van der Waals surface area contributed by atoms with Gasteiger partial charge in [-0.3, -0.25) is 14.5 Å². The summed E-state index contributed by atoms with van der Waals surface area (Å²) < 4.78 is 18.9. The highest BCUT2D eigenvalue weighted by Gasteiger charge is 2.48. The van der Waals surface area contributed by atoms with Crippen LogP contribution < -0.4 is 19.1 Å². The number of benzene rings is 4. The van der Waals surface area contributed by atoms with Gasteiger partial charge in [-0.05, 0) is 91.9 Å². The van der Waals surface area contributed by atoms with Gasteiger partial charge in [0, 0.05) is 12.0 Å². The van der Waals surface area contributed by atoms with Crippen molar-refractivity contribution >= 4 is 44.1 Å². The van der Waals surface area contributed by atoms with Crippen molar-refractivity contribution in [1.29, 1.82) is 0 Å². The van der Waals surface area contributed by atoms with Gasteiger partial charge in [0.15, 0.2) is 16.6 Å². The number of thiazole rings is 1. The van der Waals surface area contributed by atoms with Crippen molar-refractivity contribution in [3.8, 4) is 17.2 Å². The van der Waals surface area contributed by atoms with E-state index >= 15 is 0 Å². The Kier molecular flexibility index (Phi) is 7.93. The van der Waals surface area contributed by atoms with Crippen molar-refractivity contribution in [3.05, 3.63) is 118 Å². The molecule has 5 aromatic rings. The summed E-state index contributed by atoms with van der Waals surface area (Å²) in [4.78, 5) is 34.1. The van der Waals surface area contributed by atoms with Crippen LogP contribution in [0.1, 0.15) is 53.3 Å². The molecule has 2 aliphatic heterocycles. The molecule has 1 amide bonds. The van der Waals surface area contributed by atoms with Crippen LogP contribution in [-0.2, 0) is 22.6 Å². The molecular formula is C38H34N2O6S. The van der Waals surface area contributed by atoms with Crippen LogP contribution in [0.4, 0.5) is 5.13 Å². The van der Waals surface area contributed by atoms with Crippen LogP contribution in [0.25, 0.3) is 16.0 Å². The normalized spacial score (nSPS) is 18.4. The highest BCUT2D eigenvalue weighted by molar-refractivity contribution is 7.22. The van der Waals surface area contributed by atoms with Crippen molar-refractivity contribution < 1.29 is 28.9 Å². The Morgan fingerprint density at radius 3 is 2.60 bits per heavy atom. The average molecular weight is 647 g/mol. The van der Waals surface area contributed by atoms with Crippen molar-refractivity contribution in [2.24, 2.45) is 0 Å². The van der Waals surface area contributed by atoms with Gasteiger partial charge in [-0.25, -0.2) is 4.98 Å². The Bertz CT molecular complexity index is 2070. The van der Waals surface area contributed by atoms with Crippen LogP contribution in [0.2, 0.25) is 0 Å². The van der Waals surface area contributed by atoms with Gasteiger partial charge < -0.3 is 19.3 Å². The molecule has 7 rings (SSSR count). The standard InChI is InChI=1S/C38H34N2O6S/c1-5-44-30-19-25(11-14-29(30)45-20-24-9-7-6-8-10-24)34-32(35(41)26-12-13-28-27(18-26)17-23(4)46-28)36(42)37(43)40(34)38-39-33-22(3)15-21(2)16-31(33)47-38/h6-16,18-19,23,34,41H,5,17,20H2,1-4H3/b35-32+/t23-,34+/m0/s1. The number of rotatable bonds is 8. The van der Waals surface area contributed by atoms with E-state index in [-0.39, 0.29) is 17.4 Å². The van der Waals surface area contributed by atoms with E-state index in [0.717, 1.165) is 38.2 Å². The number of hydrogen-bond donors (Lipinski definition) is 1. The van der Waals surface area contributed by atoms with Crippen LogP contribution in [0, 0.1) is 13.8 Å². The predicted octanol–water partition coefficient (Wildman–Crippen LogP) is 7.84. The third-order valence-corrected chi connectivity index (χ3v) is 9.46. The number of aryl methyl sites for hydroxylation is 2. The fourth-order valence-electron chi connectivity index (χ4n) is 6.35. The summed E-state index contributed by atoms with van der Waals surface area (Å²) in [5, 5.41) is 12.2. The number of fused-ring (bicyclic) bond motifs is 2. The molecule has 2 atom stereocenters. The largest absolute Gasteiger partial charge is 0.507 e. The zero-order valence-corrected chi connectivity index (χ0v) is 27.4. The van der Waals surface area contributed by atoms with Crippen LogP contribution in [0.15, 0.2) is 84.4 Å². The monoisotopic (exact) mass is 646 g/mol. The minimum Gasteiger partial charge on any atom is -0.507 e. The van der Waals surface area contributed by atoms with Crippen molar-refractivity contribution in [2.75, 3.05) is 11.5 Å². The van der Waals surface area contributed by atoms with E-state index in [1.54, 1.807) is 30.3 Å². The number of ether oxygens (including phenoxy) is 3. The number of nitrogens with zero attached hydrogens (tertiary/aromatic N) is 2. The van der Waals surface area contributed by atoms with E-state index in [9.17, 15) is 14.7 Å². The van der Waals surface area contributed by atoms with Crippen LogP contribution >= 0.6 is 11.3 Å². The maximum Gasteiger partial charge on any atom is 0.301 e. The highest BCUT2D eigenvalue weighted by atomic mass is 32.1. The third-order valence-electron chi connectivity index (χ3n) is 8.46. The summed E-state index contributed by atoms with van der Waals surface area (Å²) in [6.07, 6.45) is 0.694. The SMILES string of the molecule is CCOc1cc([C@@H]2/C(=C(\O)c3ccc4c(c3)C[C@H](C)O4)C(=O)C(=O)N2c2nc3c(C)cc(C)cc3s2)ccc1OCc1ccccc1. The molecule has 0 saturated carbocycles. The molecule has 0 spiro atoms. The average Bonchev–Trinajstić information content (AvgIpc) is 3.73. The van der Waals surface area contributed by atoms with Gasteiger partial charge in [0.05, 0.1) is 28.4 Å². The molecule has 1 N–H and O–H groups in total. The lowest BCUT2D eigenvalue weighted by molar-refractivity contribution is -0.132. The Labute approximate surface area is 276 Å². The lowest BCUT2D eigenvalue weighted by atomic mass is 9.94. The maximum atomic E-state index is 14.0. The molecule has 238 valence electrons. The molecule has 0 radical (unpaired) electrons. The number of aromatic nitrogens is 1. The molecule has 2 aliphatic rings. The van der Waals surface area contributed by atoms with Crippen LogP contribution in [0.5, 0.6) is 17.2 Å². The molecule has 9 heteroatoms.